The average molecular weight is 276 g/mol. The van der Waals surface area contributed by atoms with Crippen LogP contribution in [0.25, 0.3) is 0 Å². The number of unbranched alkanes of at least 4 members (excludes halogenated alkanes) is 2. The third-order valence-corrected chi connectivity index (χ3v) is 3.51. The molecule has 2 rings (SSSR count). The molecule has 0 spiro atoms. The first-order valence-corrected chi connectivity index (χ1v) is 7.02. The molecule has 2 amide bonds. The molecule has 5 heteroatoms. The van der Waals surface area contributed by atoms with Crippen LogP contribution in [0.5, 0.6) is 0 Å². The Kier molecular flexibility index (Phi) is 5.12. The van der Waals surface area contributed by atoms with Gasteiger partial charge in [0.15, 0.2) is 0 Å². The van der Waals surface area contributed by atoms with Crippen molar-refractivity contribution in [1.82, 2.24) is 5.06 Å². The molecule has 0 aromatic heterocycles. The first-order valence-electron chi connectivity index (χ1n) is 7.02. The summed E-state index contributed by atoms with van der Waals surface area (Å²) >= 11 is 0. The molecule has 0 bridgehead atoms. The Labute approximate surface area is 118 Å². The second-order valence-electron chi connectivity index (χ2n) is 5.13. The fraction of sp³-hybridized carbons (Fsp3) is 0.467. The second-order valence-corrected chi connectivity index (χ2v) is 5.13. The van der Waals surface area contributed by atoms with Crippen LogP contribution in [0.3, 0.4) is 0 Å². The predicted molar refractivity (Wildman–Crippen MR) is 75.1 cm³/mol. The van der Waals surface area contributed by atoms with Gasteiger partial charge >= 0.3 is 0 Å². The summed E-state index contributed by atoms with van der Waals surface area (Å²) in [5.41, 5.74) is 0.820. The van der Waals surface area contributed by atoms with Crippen molar-refractivity contribution in [2.75, 3.05) is 11.9 Å². The lowest BCUT2D eigenvalue weighted by Crippen LogP contribution is -2.50. The lowest BCUT2D eigenvalue weighted by Gasteiger charge is -2.32. The number of nitrogens with one attached hydrogen (secondary N) is 1. The number of para-hydroxylation sites is 1. The molecular weight excluding hydrogens is 256 g/mol. The number of anilines is 1. The molecule has 1 aliphatic heterocycles. The second kappa shape index (κ2) is 7.05. The highest BCUT2D eigenvalue weighted by Crippen LogP contribution is 2.21. The summed E-state index contributed by atoms with van der Waals surface area (Å²) in [6.45, 7) is 0.452. The summed E-state index contributed by atoms with van der Waals surface area (Å²) in [7, 11) is 0. The smallest absolute Gasteiger partial charge is 0.250 e. The van der Waals surface area contributed by atoms with Gasteiger partial charge in [0.05, 0.1) is 12.5 Å². The van der Waals surface area contributed by atoms with Gasteiger partial charge in [-0.15, -0.1) is 0 Å². The van der Waals surface area contributed by atoms with Gasteiger partial charge in [-0.3, -0.25) is 14.8 Å². The summed E-state index contributed by atoms with van der Waals surface area (Å²) in [6, 6.07) is 9.40. The minimum atomic E-state index is -0.174. The predicted octanol–water partition coefficient (Wildman–Crippen LogP) is 2.42. The number of hydroxylamine groups is 2. The Morgan fingerprint density at radius 2 is 2.00 bits per heavy atom. The summed E-state index contributed by atoms with van der Waals surface area (Å²) in [4.78, 5) is 22.8. The van der Waals surface area contributed by atoms with E-state index in [1.165, 1.54) is 0 Å². The van der Waals surface area contributed by atoms with Crippen LogP contribution in [0.4, 0.5) is 5.69 Å². The zero-order valence-electron chi connectivity index (χ0n) is 11.4. The van der Waals surface area contributed by atoms with E-state index in [4.69, 9.17) is 5.21 Å². The molecule has 20 heavy (non-hydrogen) atoms. The molecule has 2 N–H and O–H groups in total. The molecule has 1 aliphatic rings. The molecule has 1 fully saturated rings. The van der Waals surface area contributed by atoms with Crippen LogP contribution in [0, 0.1) is 5.92 Å². The minimum absolute atomic E-state index is 0.0156. The number of carbonyl (C=O) groups excluding carboxylic acids is 2. The summed E-state index contributed by atoms with van der Waals surface area (Å²) in [6.07, 6.45) is 3.97. The first kappa shape index (κ1) is 14.5. The summed E-state index contributed by atoms with van der Waals surface area (Å²) in [5.74, 6) is -0.164. The van der Waals surface area contributed by atoms with E-state index in [1.54, 1.807) is 0 Å². The number of nitrogens with zero attached hydrogens (tertiary/aromatic N) is 1. The molecule has 1 atom stereocenters. The largest absolute Gasteiger partial charge is 0.326 e. The van der Waals surface area contributed by atoms with Gasteiger partial charge in [-0.2, -0.15) is 0 Å². The molecule has 0 radical (unpaired) electrons. The van der Waals surface area contributed by atoms with E-state index in [1.807, 2.05) is 30.3 Å². The highest BCUT2D eigenvalue weighted by Gasteiger charge is 2.34. The number of amides is 2. The molecule has 0 unspecified atom stereocenters. The number of hydrogen-bond acceptors (Lipinski definition) is 3. The molecule has 1 saturated heterocycles. The van der Waals surface area contributed by atoms with Crippen molar-refractivity contribution in [3.63, 3.8) is 0 Å². The number of carbonyl (C=O) groups is 2. The lowest BCUT2D eigenvalue weighted by molar-refractivity contribution is -0.197. The Balaban J connectivity index is 1.53. The zero-order chi connectivity index (χ0) is 14.4. The van der Waals surface area contributed by atoms with Gasteiger partial charge in [0.25, 0.3) is 5.91 Å². The maximum atomic E-state index is 11.7. The average Bonchev–Trinajstić information content (AvgIpc) is 2.46. The van der Waals surface area contributed by atoms with Gasteiger partial charge in [0.1, 0.15) is 0 Å². The molecule has 108 valence electrons. The normalized spacial score (nSPS) is 17.8. The van der Waals surface area contributed by atoms with E-state index in [0.29, 0.717) is 13.0 Å². The maximum Gasteiger partial charge on any atom is 0.250 e. The standard InChI is InChI=1S/C15H20N2O3/c18-14(16-13-8-4-2-5-9-13)10-6-1-3-7-12-11-17(20)15(12)19/h2,4-5,8-9,12,20H,1,3,6-7,10-11H2,(H,16,18)/t12-/m0/s1. The quantitative estimate of drug-likeness (QED) is 0.456. The van der Waals surface area contributed by atoms with E-state index in [0.717, 1.165) is 36.4 Å². The van der Waals surface area contributed by atoms with Crippen molar-refractivity contribution < 1.29 is 14.8 Å². The third kappa shape index (κ3) is 4.06. The van der Waals surface area contributed by atoms with E-state index < -0.39 is 0 Å². The van der Waals surface area contributed by atoms with Crippen LogP contribution in [-0.2, 0) is 9.59 Å². The number of rotatable bonds is 7. The topological polar surface area (TPSA) is 69.6 Å². The third-order valence-electron chi connectivity index (χ3n) is 3.51. The highest BCUT2D eigenvalue weighted by atomic mass is 16.5. The zero-order valence-corrected chi connectivity index (χ0v) is 11.4. The molecule has 0 aliphatic carbocycles. The van der Waals surface area contributed by atoms with E-state index in [2.05, 4.69) is 5.32 Å². The fourth-order valence-electron chi connectivity index (χ4n) is 2.29. The van der Waals surface area contributed by atoms with Gasteiger partial charge < -0.3 is 5.32 Å². The van der Waals surface area contributed by atoms with Crippen LogP contribution >= 0.6 is 0 Å². The molecule has 5 nitrogen and oxygen atoms in total. The van der Waals surface area contributed by atoms with Crippen molar-refractivity contribution in [2.24, 2.45) is 5.92 Å². The van der Waals surface area contributed by atoms with Crippen LogP contribution in [-0.4, -0.2) is 28.6 Å². The van der Waals surface area contributed by atoms with Crippen molar-refractivity contribution in [3.8, 4) is 0 Å². The Morgan fingerprint density at radius 3 is 2.65 bits per heavy atom. The van der Waals surface area contributed by atoms with Crippen LogP contribution in [0.1, 0.15) is 32.1 Å². The lowest BCUT2D eigenvalue weighted by atomic mass is 9.94. The van der Waals surface area contributed by atoms with E-state index in [9.17, 15) is 9.59 Å². The Morgan fingerprint density at radius 1 is 1.25 bits per heavy atom. The minimum Gasteiger partial charge on any atom is -0.326 e. The van der Waals surface area contributed by atoms with Crippen molar-refractivity contribution in [1.29, 1.82) is 0 Å². The van der Waals surface area contributed by atoms with Gasteiger partial charge in [-0.1, -0.05) is 31.0 Å². The van der Waals surface area contributed by atoms with Crippen LogP contribution in [0.15, 0.2) is 30.3 Å². The van der Waals surface area contributed by atoms with Crippen LogP contribution in [0.2, 0.25) is 0 Å². The van der Waals surface area contributed by atoms with Crippen molar-refractivity contribution in [2.45, 2.75) is 32.1 Å². The highest BCUT2D eigenvalue weighted by molar-refractivity contribution is 5.90. The van der Waals surface area contributed by atoms with Crippen molar-refractivity contribution >= 4 is 17.5 Å². The van der Waals surface area contributed by atoms with Crippen molar-refractivity contribution in [3.05, 3.63) is 30.3 Å². The summed E-state index contributed by atoms with van der Waals surface area (Å²) < 4.78 is 0. The SMILES string of the molecule is O=C(CCCCC[C@H]1CN(O)C1=O)Nc1ccccc1. The molecule has 1 aromatic carbocycles. The number of hydrogen-bond donors (Lipinski definition) is 2. The Hall–Kier alpha value is -1.88. The van der Waals surface area contributed by atoms with Crippen LogP contribution < -0.4 is 5.32 Å². The Bertz CT molecular complexity index is 461. The van der Waals surface area contributed by atoms with Gasteiger partial charge in [-0.25, -0.2) is 5.06 Å². The van der Waals surface area contributed by atoms with E-state index >= 15 is 0 Å². The van der Waals surface area contributed by atoms with Gasteiger partial charge in [-0.05, 0) is 25.0 Å². The molecular formula is C15H20N2O3. The number of benzene rings is 1. The van der Waals surface area contributed by atoms with E-state index in [-0.39, 0.29) is 17.7 Å². The molecule has 1 aromatic rings. The van der Waals surface area contributed by atoms with Gasteiger partial charge in [0, 0.05) is 12.1 Å². The first-order chi connectivity index (χ1) is 9.66. The maximum absolute atomic E-state index is 11.7. The summed E-state index contributed by atoms with van der Waals surface area (Å²) in [5, 5.41) is 12.5. The molecule has 0 saturated carbocycles. The molecule has 1 heterocycles. The van der Waals surface area contributed by atoms with Gasteiger partial charge in [0.2, 0.25) is 5.91 Å². The fourth-order valence-corrected chi connectivity index (χ4v) is 2.29. The number of β-lactam (4-membered cyclic amide) rings is 1. The monoisotopic (exact) mass is 276 g/mol.